The average molecular weight is 927 g/mol. The normalized spacial score (nSPS) is 17.4. The van der Waals surface area contributed by atoms with Crippen molar-refractivity contribution in [3.8, 4) is 0 Å². The number of hydrogen-bond acceptors (Lipinski definition) is 12. The molecule has 0 saturated carbocycles. The molecule has 1 N–H and O–H groups in total. The van der Waals surface area contributed by atoms with Crippen molar-refractivity contribution in [3.05, 3.63) is 187 Å². The van der Waals surface area contributed by atoms with Crippen LogP contribution in [0.1, 0.15) is 27.7 Å². The number of piperazine rings is 1. The van der Waals surface area contributed by atoms with Crippen LogP contribution in [0.25, 0.3) is 10.1 Å². The van der Waals surface area contributed by atoms with Crippen LogP contribution in [-0.2, 0) is 36.9 Å². The van der Waals surface area contributed by atoms with Gasteiger partial charge in [-0.05, 0) is 63.4 Å². The third-order valence-corrected chi connectivity index (χ3v) is 15.3. The molecule has 0 spiro atoms. The Bertz CT molecular complexity index is 2740. The highest BCUT2D eigenvalue weighted by molar-refractivity contribution is 8.04. The monoisotopic (exact) mass is 926 g/mol. The highest BCUT2D eigenvalue weighted by Gasteiger charge is 2.54. The highest BCUT2D eigenvalue weighted by atomic mass is 32.2. The van der Waals surface area contributed by atoms with Crippen LogP contribution in [0, 0.1) is 0 Å². The molecule has 0 bridgehead atoms. The fourth-order valence-corrected chi connectivity index (χ4v) is 11.9. The molecule has 2 atom stereocenters. The second-order valence-electron chi connectivity index (χ2n) is 15.2. The van der Waals surface area contributed by atoms with E-state index < -0.39 is 23.5 Å². The molecule has 6 aromatic rings. The molecule has 11 nitrogen and oxygen atoms in total. The lowest BCUT2D eigenvalue weighted by Crippen LogP contribution is -2.70. The van der Waals surface area contributed by atoms with Gasteiger partial charge in [0, 0.05) is 58.6 Å². The smallest absolute Gasteiger partial charge is 0.410 e. The average Bonchev–Trinajstić information content (AvgIpc) is 3.85. The summed E-state index contributed by atoms with van der Waals surface area (Å²) in [4.78, 5) is 73.8. The van der Waals surface area contributed by atoms with Crippen LogP contribution >= 0.6 is 46.2 Å². The zero-order chi connectivity index (χ0) is 44.0. The maximum Gasteiger partial charge on any atom is 0.410 e. The predicted molar refractivity (Wildman–Crippen MR) is 254 cm³/mol. The van der Waals surface area contributed by atoms with E-state index in [-0.39, 0.29) is 42.1 Å². The van der Waals surface area contributed by atoms with Crippen molar-refractivity contribution in [2.24, 2.45) is 0 Å². The third-order valence-electron chi connectivity index (χ3n) is 11.1. The number of thiophene rings is 1. The minimum atomic E-state index is -0.788. The number of amides is 3. The maximum absolute atomic E-state index is 14.5. The van der Waals surface area contributed by atoms with Gasteiger partial charge in [-0.25, -0.2) is 9.59 Å². The predicted octanol–water partition coefficient (Wildman–Crippen LogP) is 8.62. The van der Waals surface area contributed by atoms with Gasteiger partial charge in [-0.2, -0.15) is 0 Å². The second kappa shape index (κ2) is 19.7. The van der Waals surface area contributed by atoms with Crippen molar-refractivity contribution in [2.75, 3.05) is 36.8 Å². The number of benzene rings is 4. The lowest BCUT2D eigenvalue weighted by Gasteiger charge is -2.49. The maximum atomic E-state index is 14.5. The van der Waals surface area contributed by atoms with Crippen LogP contribution in [0.4, 0.5) is 10.5 Å². The van der Waals surface area contributed by atoms with Gasteiger partial charge in [0.15, 0.2) is 11.5 Å². The molecule has 9 rings (SSSR count). The summed E-state index contributed by atoms with van der Waals surface area (Å²) in [6.45, 7) is 2.50. The topological polar surface area (TPSA) is 126 Å². The minimum absolute atomic E-state index is 0.104. The van der Waals surface area contributed by atoms with Gasteiger partial charge in [-0.1, -0.05) is 109 Å². The highest BCUT2D eigenvalue weighted by Crippen LogP contribution is 2.43. The fraction of sp³-hybridized carbons (Fsp3) is 0.204. The van der Waals surface area contributed by atoms with Gasteiger partial charge >= 0.3 is 12.1 Å². The van der Waals surface area contributed by atoms with Crippen molar-refractivity contribution < 1.29 is 28.7 Å². The van der Waals surface area contributed by atoms with Gasteiger partial charge < -0.3 is 24.6 Å². The van der Waals surface area contributed by atoms with Crippen LogP contribution in [0.2, 0.25) is 0 Å². The van der Waals surface area contributed by atoms with E-state index in [0.717, 1.165) is 36.2 Å². The van der Waals surface area contributed by atoms with E-state index in [2.05, 4.69) is 10.2 Å². The molecule has 3 amide bonds. The third kappa shape index (κ3) is 9.67. The molecule has 0 radical (unpaired) electrons. The Morgan fingerprint density at radius 1 is 0.828 bits per heavy atom. The number of carbonyl (C=O) groups is 4. The van der Waals surface area contributed by atoms with Gasteiger partial charge in [-0.3, -0.25) is 19.3 Å². The Hall–Kier alpha value is -6.13. The largest absolute Gasteiger partial charge is 0.448 e. The summed E-state index contributed by atoms with van der Waals surface area (Å²) < 4.78 is 13.5. The molecular weight excluding hydrogens is 885 g/mol. The number of hydrogen-bond donors (Lipinski definition) is 1. The number of nitrogens with one attached hydrogen (secondary N) is 1. The SMILES string of the molecule is O=C(Cc1cccs1)NC1C(=O)N2C(C(=O)OC(c3ccccc3)c3ccccc3)=C(C=CSc3cc(=O)c4ccc(N5CCN(C(=O)OCc6ccccc6)CC5)cc4s3)CS[C@H]12. The molecule has 2 aromatic heterocycles. The van der Waals surface area contributed by atoms with Crippen LogP contribution in [0.3, 0.4) is 0 Å². The molecule has 15 heteroatoms. The number of β-lactam (4-membered cyclic amide) rings is 1. The van der Waals surface area contributed by atoms with E-state index >= 15 is 0 Å². The minimum Gasteiger partial charge on any atom is -0.448 e. The number of anilines is 1. The van der Waals surface area contributed by atoms with Gasteiger partial charge in [0.05, 0.1) is 10.6 Å². The number of nitrogens with zero attached hydrogens (tertiary/aromatic N) is 3. The lowest BCUT2D eigenvalue weighted by atomic mass is 10.0. The molecule has 324 valence electrons. The summed E-state index contributed by atoms with van der Waals surface area (Å²) in [6.07, 6.45) is 0.901. The summed E-state index contributed by atoms with van der Waals surface area (Å²) >= 11 is 5.79. The first kappa shape index (κ1) is 43.1. The van der Waals surface area contributed by atoms with E-state index in [9.17, 15) is 24.0 Å². The van der Waals surface area contributed by atoms with Gasteiger partial charge in [0.25, 0.3) is 5.91 Å². The number of carbonyl (C=O) groups excluding carboxylic acids is 4. The van der Waals surface area contributed by atoms with Crippen LogP contribution in [0.5, 0.6) is 0 Å². The second-order valence-corrected chi connectivity index (χ2v) is 19.7. The Labute approximate surface area is 386 Å². The van der Waals surface area contributed by atoms with E-state index in [4.69, 9.17) is 9.47 Å². The molecule has 64 heavy (non-hydrogen) atoms. The Kier molecular flexibility index (Phi) is 13.3. The Morgan fingerprint density at radius 3 is 2.22 bits per heavy atom. The first-order chi connectivity index (χ1) is 31.3. The van der Waals surface area contributed by atoms with Crippen LogP contribution in [0.15, 0.2) is 165 Å². The quantitative estimate of drug-likeness (QED) is 0.0684. The molecule has 2 fully saturated rings. The number of rotatable bonds is 13. The number of fused-ring (bicyclic) bond motifs is 2. The molecule has 4 aromatic carbocycles. The fourth-order valence-electron chi connectivity index (χ4n) is 7.82. The molecule has 3 aliphatic rings. The molecule has 3 aliphatic heterocycles. The van der Waals surface area contributed by atoms with Crippen molar-refractivity contribution in [1.29, 1.82) is 0 Å². The van der Waals surface area contributed by atoms with Crippen molar-refractivity contribution in [2.45, 2.75) is 34.8 Å². The first-order valence-electron chi connectivity index (χ1n) is 20.7. The molecule has 2 saturated heterocycles. The van der Waals surface area contributed by atoms with Crippen molar-refractivity contribution >= 4 is 85.8 Å². The van der Waals surface area contributed by atoms with Crippen molar-refractivity contribution in [3.63, 3.8) is 0 Å². The Morgan fingerprint density at radius 2 is 1.53 bits per heavy atom. The zero-order valence-corrected chi connectivity index (χ0v) is 37.6. The summed E-state index contributed by atoms with van der Waals surface area (Å²) in [5.74, 6) is -0.919. The number of ether oxygens (including phenoxy) is 2. The van der Waals surface area contributed by atoms with Gasteiger partial charge in [-0.15, -0.1) is 34.4 Å². The van der Waals surface area contributed by atoms with E-state index in [1.54, 1.807) is 11.0 Å². The standard InChI is InChI=1S/C49H42N4O7S4/c54-39-29-42(64-40-27-36(18-19-38(39)40)51-21-23-52(24-22-51)49(58)59-30-32-11-4-1-5-12-32)62-26-20-35-31-63-47-43(50-41(55)28-37-17-10-25-61-37)46(56)53(47)44(35)48(57)60-45(33-13-6-2-7-14-33)34-15-8-3-9-16-34/h1-20,25-27,29,43,45,47H,21-24,28,30-31H2,(H,50,55)/t43?,47-/m1/s1. The van der Waals surface area contributed by atoms with Gasteiger partial charge in [0.2, 0.25) is 5.91 Å². The van der Waals surface area contributed by atoms with E-state index in [1.165, 1.54) is 51.1 Å². The van der Waals surface area contributed by atoms with Gasteiger partial charge in [0.1, 0.15) is 23.7 Å². The van der Waals surface area contributed by atoms with Crippen LogP contribution in [-0.4, -0.2) is 77.0 Å². The lowest BCUT2D eigenvalue weighted by molar-refractivity contribution is -0.154. The summed E-state index contributed by atoms with van der Waals surface area (Å²) in [5, 5.41) is 6.76. The van der Waals surface area contributed by atoms with E-state index in [0.29, 0.717) is 42.9 Å². The summed E-state index contributed by atoms with van der Waals surface area (Å²) in [6, 6.07) is 38.9. The molecular formula is C49H42N4O7S4. The zero-order valence-electron chi connectivity index (χ0n) is 34.4. The molecule has 1 unspecified atom stereocenters. The van der Waals surface area contributed by atoms with Crippen LogP contribution < -0.4 is 15.6 Å². The Balaban J connectivity index is 0.925. The summed E-state index contributed by atoms with van der Waals surface area (Å²) in [5.41, 5.74) is 4.08. The van der Waals surface area contributed by atoms with E-state index in [1.807, 2.05) is 138 Å². The summed E-state index contributed by atoms with van der Waals surface area (Å²) in [7, 11) is 0. The number of allylic oxidation sites excluding steroid dienone is 1. The first-order valence-corrected chi connectivity index (χ1v) is 24.3. The number of esters is 1. The number of thioether (sulfide) groups is 2. The molecule has 0 aliphatic carbocycles. The molecule has 5 heterocycles. The van der Waals surface area contributed by atoms with Crippen molar-refractivity contribution in [1.82, 2.24) is 15.1 Å².